The second-order valence-electron chi connectivity index (χ2n) is 7.91. The van der Waals surface area contributed by atoms with Gasteiger partial charge in [0.2, 0.25) is 0 Å². The van der Waals surface area contributed by atoms with Crippen molar-refractivity contribution in [3.8, 4) is 0 Å². The van der Waals surface area contributed by atoms with Crippen molar-refractivity contribution in [2.45, 2.75) is 31.9 Å². The van der Waals surface area contributed by atoms with Gasteiger partial charge in [-0.05, 0) is 43.9 Å². The van der Waals surface area contributed by atoms with Crippen LogP contribution in [-0.2, 0) is 26.1 Å². The Bertz CT molecular complexity index is 837. The highest BCUT2D eigenvalue weighted by molar-refractivity contribution is 5.50. The smallest absolute Gasteiger partial charge is 0.369 e. The molecule has 1 saturated heterocycles. The molecule has 1 fully saturated rings. The molecule has 1 N–H and O–H groups in total. The molecule has 0 spiro atoms. The highest BCUT2D eigenvalue weighted by Crippen LogP contribution is 2.32. The number of hydrogen-bond acceptors (Lipinski definition) is 4. The average Bonchev–Trinajstić information content (AvgIpc) is 3.03. The van der Waals surface area contributed by atoms with Crippen LogP contribution in [0, 0.1) is 0 Å². The van der Waals surface area contributed by atoms with Crippen LogP contribution in [0.25, 0.3) is 0 Å². The number of fused-ring (bicyclic) bond motifs is 1. The molecule has 29 heavy (non-hydrogen) atoms. The van der Waals surface area contributed by atoms with E-state index in [-0.39, 0.29) is 0 Å². The van der Waals surface area contributed by atoms with E-state index in [9.17, 15) is 13.2 Å². The zero-order valence-electron chi connectivity index (χ0n) is 16.8. The minimum Gasteiger partial charge on any atom is -0.369 e. The summed E-state index contributed by atoms with van der Waals surface area (Å²) in [4.78, 5) is 4.40. The van der Waals surface area contributed by atoms with E-state index in [0.29, 0.717) is 5.69 Å². The molecule has 0 bridgehead atoms. The Morgan fingerprint density at radius 2 is 1.83 bits per heavy atom. The first-order valence-electron chi connectivity index (χ1n) is 10.3. The van der Waals surface area contributed by atoms with Gasteiger partial charge in [0.1, 0.15) is 5.82 Å². The van der Waals surface area contributed by atoms with Crippen molar-refractivity contribution in [3.63, 3.8) is 0 Å². The topological polar surface area (TPSA) is 36.3 Å². The minimum atomic E-state index is -4.30. The molecule has 0 radical (unpaired) electrons. The van der Waals surface area contributed by atoms with Crippen molar-refractivity contribution < 1.29 is 13.2 Å². The van der Waals surface area contributed by atoms with Crippen molar-refractivity contribution in [2.75, 3.05) is 49.5 Å². The van der Waals surface area contributed by atoms with E-state index in [1.807, 2.05) is 16.6 Å². The van der Waals surface area contributed by atoms with Gasteiger partial charge in [-0.25, -0.2) is 0 Å². The van der Waals surface area contributed by atoms with E-state index in [1.165, 1.54) is 36.2 Å². The zero-order valence-corrected chi connectivity index (χ0v) is 16.8. The Balaban J connectivity index is 1.27. The van der Waals surface area contributed by atoms with Crippen LogP contribution in [0.3, 0.4) is 0 Å². The van der Waals surface area contributed by atoms with E-state index in [0.717, 1.165) is 64.0 Å². The Kier molecular flexibility index (Phi) is 5.72. The summed E-state index contributed by atoms with van der Waals surface area (Å²) in [5, 5.41) is 8.19. The summed E-state index contributed by atoms with van der Waals surface area (Å²) < 4.78 is 40.8. The van der Waals surface area contributed by atoms with Crippen molar-refractivity contribution >= 4 is 11.5 Å². The van der Waals surface area contributed by atoms with Crippen LogP contribution < -0.4 is 10.2 Å². The van der Waals surface area contributed by atoms with Crippen molar-refractivity contribution in [1.82, 2.24) is 14.7 Å². The van der Waals surface area contributed by atoms with Crippen LogP contribution in [0.2, 0.25) is 0 Å². The number of hydrogen-bond donors (Lipinski definition) is 1. The van der Waals surface area contributed by atoms with E-state index < -0.39 is 11.7 Å². The Labute approximate surface area is 169 Å². The maximum absolute atomic E-state index is 12.9. The molecule has 0 amide bonds. The summed E-state index contributed by atoms with van der Waals surface area (Å²) in [5.74, 6) is 1.14. The maximum Gasteiger partial charge on any atom is 0.416 e. The molecule has 4 rings (SSSR count). The lowest BCUT2D eigenvalue weighted by atomic mass is 9.97. The van der Waals surface area contributed by atoms with Gasteiger partial charge in [0.05, 0.1) is 11.3 Å². The number of piperazine rings is 1. The van der Waals surface area contributed by atoms with E-state index in [1.54, 1.807) is 6.07 Å². The summed E-state index contributed by atoms with van der Waals surface area (Å²) in [6, 6.07) is 5.63. The molecule has 1 aromatic heterocycles. The fourth-order valence-electron chi connectivity index (χ4n) is 4.34. The number of aromatic nitrogens is 2. The van der Waals surface area contributed by atoms with Gasteiger partial charge in [-0.3, -0.25) is 9.58 Å². The van der Waals surface area contributed by atoms with Crippen LogP contribution >= 0.6 is 0 Å². The molecule has 8 heteroatoms. The molecular formula is C21H28F3N5. The zero-order chi connectivity index (χ0) is 20.4. The predicted molar refractivity (Wildman–Crippen MR) is 108 cm³/mol. The lowest BCUT2D eigenvalue weighted by molar-refractivity contribution is -0.137. The summed E-state index contributed by atoms with van der Waals surface area (Å²) in [6.07, 6.45) is 0.322. The van der Waals surface area contributed by atoms with Crippen molar-refractivity contribution in [2.24, 2.45) is 7.05 Å². The van der Waals surface area contributed by atoms with Gasteiger partial charge in [0.15, 0.2) is 0 Å². The number of anilines is 2. The second-order valence-corrected chi connectivity index (χ2v) is 7.91. The van der Waals surface area contributed by atoms with Crippen LogP contribution in [0.1, 0.15) is 29.7 Å². The third-order valence-electron chi connectivity index (χ3n) is 5.95. The lowest BCUT2D eigenvalue weighted by Crippen LogP contribution is -2.47. The van der Waals surface area contributed by atoms with Gasteiger partial charge in [-0.2, -0.15) is 18.3 Å². The first kappa shape index (κ1) is 20.1. The predicted octanol–water partition coefficient (Wildman–Crippen LogP) is 3.55. The van der Waals surface area contributed by atoms with Crippen LogP contribution in [0.15, 0.2) is 24.3 Å². The fraction of sp³-hybridized carbons (Fsp3) is 0.571. The summed E-state index contributed by atoms with van der Waals surface area (Å²) >= 11 is 0. The van der Waals surface area contributed by atoms with Crippen LogP contribution in [0.4, 0.5) is 24.7 Å². The van der Waals surface area contributed by atoms with Crippen molar-refractivity contribution in [1.29, 1.82) is 0 Å². The standard InChI is InChI=1S/C21H28F3N5/c1-27-20(18-7-2-3-8-19(18)26-27)25-9-10-28-11-13-29(14-12-28)17-6-4-5-16(15-17)21(22,23)24/h4-6,15,25H,2-3,7-14H2,1H3. The molecular weight excluding hydrogens is 379 g/mol. The summed E-state index contributed by atoms with van der Waals surface area (Å²) in [7, 11) is 1.99. The molecule has 1 aliphatic heterocycles. The van der Waals surface area contributed by atoms with Gasteiger partial charge in [0.25, 0.3) is 0 Å². The number of benzene rings is 1. The van der Waals surface area contributed by atoms with Gasteiger partial charge < -0.3 is 10.2 Å². The van der Waals surface area contributed by atoms with E-state index >= 15 is 0 Å². The Morgan fingerprint density at radius 3 is 2.59 bits per heavy atom. The molecule has 158 valence electrons. The Hall–Kier alpha value is -2.22. The summed E-state index contributed by atoms with van der Waals surface area (Å²) in [6.45, 7) is 4.93. The quantitative estimate of drug-likeness (QED) is 0.823. The first-order chi connectivity index (χ1) is 13.9. The van der Waals surface area contributed by atoms with Gasteiger partial charge in [0, 0.05) is 57.6 Å². The maximum atomic E-state index is 12.9. The number of aryl methyl sites for hydroxylation is 2. The van der Waals surface area contributed by atoms with Crippen LogP contribution in [0.5, 0.6) is 0 Å². The molecule has 0 saturated carbocycles. The van der Waals surface area contributed by atoms with Crippen LogP contribution in [-0.4, -0.2) is 53.9 Å². The second kappa shape index (κ2) is 8.26. The molecule has 0 unspecified atom stereocenters. The number of nitrogens with zero attached hydrogens (tertiary/aromatic N) is 4. The third-order valence-corrected chi connectivity index (χ3v) is 5.95. The summed E-state index contributed by atoms with van der Waals surface area (Å²) in [5.41, 5.74) is 2.67. The van der Waals surface area contributed by atoms with Crippen molar-refractivity contribution in [3.05, 3.63) is 41.1 Å². The lowest BCUT2D eigenvalue weighted by Gasteiger charge is -2.36. The van der Waals surface area contributed by atoms with Gasteiger partial charge >= 0.3 is 6.18 Å². The minimum absolute atomic E-state index is 0.582. The molecule has 5 nitrogen and oxygen atoms in total. The number of rotatable bonds is 5. The Morgan fingerprint density at radius 1 is 1.07 bits per heavy atom. The highest BCUT2D eigenvalue weighted by atomic mass is 19.4. The third kappa shape index (κ3) is 4.52. The average molecular weight is 407 g/mol. The number of nitrogens with one attached hydrogen (secondary N) is 1. The number of alkyl halides is 3. The largest absolute Gasteiger partial charge is 0.416 e. The van der Waals surface area contributed by atoms with E-state index in [4.69, 9.17) is 0 Å². The highest BCUT2D eigenvalue weighted by Gasteiger charge is 2.31. The molecule has 2 heterocycles. The van der Waals surface area contributed by atoms with Gasteiger partial charge in [-0.1, -0.05) is 6.07 Å². The molecule has 2 aromatic rings. The van der Waals surface area contributed by atoms with Gasteiger partial charge in [-0.15, -0.1) is 0 Å². The molecule has 1 aromatic carbocycles. The first-order valence-corrected chi connectivity index (χ1v) is 10.3. The molecule has 2 aliphatic rings. The fourth-order valence-corrected chi connectivity index (χ4v) is 4.34. The SMILES string of the molecule is Cn1nc2c(c1NCCN1CCN(c3cccc(C(F)(F)F)c3)CC1)CCCC2. The van der Waals surface area contributed by atoms with E-state index in [2.05, 4.69) is 15.3 Å². The normalized spacial score (nSPS) is 18.0. The number of halogens is 3. The monoisotopic (exact) mass is 407 g/mol. The molecule has 1 aliphatic carbocycles. The molecule has 0 atom stereocenters.